The molecule has 0 aliphatic carbocycles. The van der Waals surface area contributed by atoms with Gasteiger partial charge in [-0.15, -0.1) is 0 Å². The maximum atomic E-state index is 11.9. The average molecular weight is 363 g/mol. The average Bonchev–Trinajstić information content (AvgIpc) is 2.95. The summed E-state index contributed by atoms with van der Waals surface area (Å²) in [5, 5.41) is 12.3. The van der Waals surface area contributed by atoms with E-state index in [2.05, 4.69) is 4.98 Å². The number of benzene rings is 2. The van der Waals surface area contributed by atoms with Crippen LogP contribution in [0.1, 0.15) is 16.1 Å². The highest BCUT2D eigenvalue weighted by Crippen LogP contribution is 2.39. The Kier molecular flexibility index (Phi) is 4.88. The van der Waals surface area contributed by atoms with Crippen molar-refractivity contribution < 1.29 is 14.4 Å². The van der Waals surface area contributed by atoms with Gasteiger partial charge in [0.05, 0.1) is 14.8 Å². The number of carbonyl (C=O) groups is 1. The lowest BCUT2D eigenvalue weighted by molar-refractivity contribution is 0.0997. The Morgan fingerprint density at radius 1 is 1.33 bits per heavy atom. The van der Waals surface area contributed by atoms with Gasteiger partial charge in [-0.2, -0.15) is 0 Å². The van der Waals surface area contributed by atoms with Gasteiger partial charge in [-0.25, -0.2) is 0 Å². The zero-order valence-electron chi connectivity index (χ0n) is 12.9. The van der Waals surface area contributed by atoms with Gasteiger partial charge in [-0.1, -0.05) is 29.8 Å². The smallest absolute Gasteiger partial charge is 0.265 e. The van der Waals surface area contributed by atoms with E-state index in [-0.39, 0.29) is 6.61 Å². The van der Waals surface area contributed by atoms with Crippen molar-refractivity contribution in [3.05, 3.63) is 58.7 Å². The lowest BCUT2D eigenvalue weighted by Crippen LogP contribution is -2.23. The summed E-state index contributed by atoms with van der Waals surface area (Å²) in [4.78, 5) is 15.0. The van der Waals surface area contributed by atoms with Crippen LogP contribution in [0.5, 0.6) is 0 Å². The first-order valence-electron chi connectivity index (χ1n) is 7.20. The number of aliphatic hydroxyl groups excluding tert-OH is 1. The number of H-pyrrole nitrogens is 1. The van der Waals surface area contributed by atoms with Crippen LogP contribution in [0.2, 0.25) is 5.02 Å². The van der Waals surface area contributed by atoms with Crippen LogP contribution in [-0.4, -0.2) is 23.1 Å². The van der Waals surface area contributed by atoms with E-state index in [9.17, 15) is 9.90 Å². The third kappa shape index (κ3) is 3.04. The summed E-state index contributed by atoms with van der Waals surface area (Å²) < 4.78 is 5.73. The molecule has 7 heteroatoms. The Balaban J connectivity index is 2.26. The molecule has 0 aliphatic heterocycles. The molecule has 3 aromatic rings. The van der Waals surface area contributed by atoms with E-state index >= 15 is 0 Å². The van der Waals surface area contributed by atoms with E-state index in [1.165, 1.54) is 0 Å². The van der Waals surface area contributed by atoms with Gasteiger partial charge in [0.15, 0.2) is 0 Å². The number of nitrogens with one attached hydrogen (secondary N) is 1. The van der Waals surface area contributed by atoms with Gasteiger partial charge >= 0.3 is 0 Å². The van der Waals surface area contributed by atoms with Crippen molar-refractivity contribution in [1.82, 2.24) is 4.98 Å². The van der Waals surface area contributed by atoms with Crippen molar-refractivity contribution in [2.75, 3.05) is 7.11 Å². The molecule has 0 saturated carbocycles. The Labute approximate surface area is 145 Å². The van der Waals surface area contributed by atoms with Crippen LogP contribution in [0, 0.1) is 0 Å². The summed E-state index contributed by atoms with van der Waals surface area (Å²) in [5.74, 6) is -0.555. The number of rotatable bonds is 5. The quantitative estimate of drug-likeness (QED) is 0.609. The maximum Gasteiger partial charge on any atom is 0.265 e. The number of aliphatic hydroxyl groups is 1. The second kappa shape index (κ2) is 6.91. The third-order valence-electron chi connectivity index (χ3n) is 3.69. The van der Waals surface area contributed by atoms with Crippen molar-refractivity contribution in [2.24, 2.45) is 5.73 Å². The Morgan fingerprint density at radius 3 is 2.79 bits per heavy atom. The molecule has 0 saturated heterocycles. The number of hydrogen-bond acceptors (Lipinski definition) is 3. The predicted molar refractivity (Wildman–Crippen MR) is 97.4 cm³/mol. The summed E-state index contributed by atoms with van der Waals surface area (Å²) in [6.07, 6.45) is 0. The van der Waals surface area contributed by atoms with E-state index in [1.807, 2.05) is 24.3 Å². The van der Waals surface area contributed by atoms with E-state index in [4.69, 9.17) is 21.9 Å². The number of amides is 1. The molecule has 2 aromatic carbocycles. The number of aromatic nitrogens is 1. The van der Waals surface area contributed by atoms with Gasteiger partial charge in [-0.05, 0) is 29.8 Å². The second-order valence-electron chi connectivity index (χ2n) is 5.21. The maximum absolute atomic E-state index is 11.9. The highest BCUT2D eigenvalue weighted by Gasteiger charge is 2.25. The Bertz CT molecular complexity index is 910. The van der Waals surface area contributed by atoms with Gasteiger partial charge in [-0.3, -0.25) is 4.79 Å². The van der Waals surface area contributed by atoms with E-state index < -0.39 is 14.1 Å². The minimum absolute atomic E-state index is 0.0664. The Morgan fingerprint density at radius 2 is 2.12 bits per heavy atom. The second-order valence-corrected chi connectivity index (χ2v) is 7.56. The van der Waals surface area contributed by atoms with Crippen molar-refractivity contribution >= 4 is 47.2 Å². The minimum atomic E-state index is -1.30. The van der Waals surface area contributed by atoms with Crippen LogP contribution in [0.3, 0.4) is 0 Å². The molecule has 4 N–H and O–H groups in total. The highest BCUT2D eigenvalue weighted by atomic mass is 35.5. The summed E-state index contributed by atoms with van der Waals surface area (Å²) in [5.41, 5.74) is 7.41. The number of carbonyl (C=O) groups excluding carboxylic acids is 1. The fraction of sp³-hybridized carbons (Fsp3) is 0.118. The van der Waals surface area contributed by atoms with Gasteiger partial charge in [0.25, 0.3) is 5.91 Å². The van der Waals surface area contributed by atoms with Crippen LogP contribution in [0.15, 0.2) is 42.5 Å². The number of aromatic amines is 1. The first-order chi connectivity index (χ1) is 11.5. The molecule has 0 spiro atoms. The molecule has 0 bridgehead atoms. The molecule has 124 valence electrons. The van der Waals surface area contributed by atoms with Crippen LogP contribution in [0.4, 0.5) is 0 Å². The van der Waals surface area contributed by atoms with Crippen molar-refractivity contribution in [1.29, 1.82) is 0 Å². The van der Waals surface area contributed by atoms with Gasteiger partial charge in [0, 0.05) is 33.6 Å². The number of primary amides is 1. The van der Waals surface area contributed by atoms with Crippen LogP contribution in [0.25, 0.3) is 10.9 Å². The van der Waals surface area contributed by atoms with Gasteiger partial charge < -0.3 is 20.3 Å². The number of hydrogen-bond donors (Lipinski definition) is 3. The number of halogens is 1. The zero-order chi connectivity index (χ0) is 17.3. The summed E-state index contributed by atoms with van der Waals surface area (Å²) in [7, 11) is 0.288. The molecule has 3 rings (SSSR count). The summed E-state index contributed by atoms with van der Waals surface area (Å²) in [6, 6.07) is 12.8. The SMILES string of the molecule is COP(c1cccc(CO)c1)c1c(C(N)=O)[nH]c2ccc(Cl)cc12. The van der Waals surface area contributed by atoms with E-state index in [0.717, 1.165) is 21.8 Å². The van der Waals surface area contributed by atoms with Crippen LogP contribution < -0.4 is 16.3 Å². The fourth-order valence-electron chi connectivity index (χ4n) is 2.65. The normalized spacial score (nSPS) is 12.5. The molecule has 0 radical (unpaired) electrons. The first kappa shape index (κ1) is 16.9. The lowest BCUT2D eigenvalue weighted by atomic mass is 10.2. The molecule has 24 heavy (non-hydrogen) atoms. The van der Waals surface area contributed by atoms with E-state index in [0.29, 0.717) is 16.0 Å². The van der Waals surface area contributed by atoms with Crippen molar-refractivity contribution in [3.63, 3.8) is 0 Å². The Hall–Kier alpha value is -1.91. The summed E-state index contributed by atoms with van der Waals surface area (Å²) >= 11 is 6.12. The standard InChI is InChI=1S/C17H16ClN2O3P/c1-23-24(12-4-2-3-10(7-12)9-21)16-13-8-11(18)5-6-14(13)20-15(16)17(19)22/h2-8,20-21H,9H2,1H3,(H2,19,22). The molecule has 1 amide bonds. The van der Waals surface area contributed by atoms with Crippen molar-refractivity contribution in [3.8, 4) is 0 Å². The van der Waals surface area contributed by atoms with Gasteiger partial charge in [0.2, 0.25) is 0 Å². The largest absolute Gasteiger partial charge is 0.392 e. The van der Waals surface area contributed by atoms with Crippen LogP contribution in [-0.2, 0) is 11.1 Å². The molecule has 1 atom stereocenters. The fourth-order valence-corrected chi connectivity index (χ4v) is 4.75. The number of nitrogens with two attached hydrogens (primary N) is 1. The lowest BCUT2D eigenvalue weighted by Gasteiger charge is -2.17. The molecule has 0 aliphatic rings. The zero-order valence-corrected chi connectivity index (χ0v) is 14.6. The molecular formula is C17H16ClN2O3P. The van der Waals surface area contributed by atoms with Crippen LogP contribution >= 0.6 is 19.7 Å². The molecular weight excluding hydrogens is 347 g/mol. The van der Waals surface area contributed by atoms with E-state index in [1.54, 1.807) is 25.3 Å². The molecule has 5 nitrogen and oxygen atoms in total. The third-order valence-corrected chi connectivity index (χ3v) is 5.91. The molecule has 1 heterocycles. The van der Waals surface area contributed by atoms with Crippen molar-refractivity contribution in [2.45, 2.75) is 6.61 Å². The predicted octanol–water partition coefficient (Wildman–Crippen LogP) is 2.41. The summed E-state index contributed by atoms with van der Waals surface area (Å²) in [6.45, 7) is -0.0664. The molecule has 1 aromatic heterocycles. The highest BCUT2D eigenvalue weighted by molar-refractivity contribution is 7.69. The monoisotopic (exact) mass is 362 g/mol. The number of fused-ring (bicyclic) bond motifs is 1. The topological polar surface area (TPSA) is 88.3 Å². The first-order valence-corrected chi connectivity index (χ1v) is 8.84. The molecule has 0 fully saturated rings. The minimum Gasteiger partial charge on any atom is -0.392 e. The van der Waals surface area contributed by atoms with Gasteiger partial charge in [0.1, 0.15) is 5.69 Å². The molecule has 1 unspecified atom stereocenters.